The third-order valence-corrected chi connectivity index (χ3v) is 7.02. The summed E-state index contributed by atoms with van der Waals surface area (Å²) in [5, 5.41) is 23.5. The first kappa shape index (κ1) is 22.9. The summed E-state index contributed by atoms with van der Waals surface area (Å²) in [4.78, 5) is 31.6. The van der Waals surface area contributed by atoms with Gasteiger partial charge < -0.3 is 10.4 Å². The van der Waals surface area contributed by atoms with E-state index in [4.69, 9.17) is 0 Å². The van der Waals surface area contributed by atoms with E-state index in [9.17, 15) is 20.0 Å². The molecular weight excluding hydrogens is 528 g/mol. The van der Waals surface area contributed by atoms with Crippen LogP contribution in [0.3, 0.4) is 0 Å². The number of nitro groups is 1. The average molecular weight is 543 g/mol. The van der Waals surface area contributed by atoms with Crippen LogP contribution in [0.2, 0.25) is 0 Å². The van der Waals surface area contributed by atoms with Crippen molar-refractivity contribution in [3.63, 3.8) is 0 Å². The van der Waals surface area contributed by atoms with Gasteiger partial charge in [0.2, 0.25) is 5.91 Å². The van der Waals surface area contributed by atoms with Gasteiger partial charge in [-0.2, -0.15) is 0 Å². The lowest BCUT2D eigenvalue weighted by atomic mass is 10.2. The highest BCUT2D eigenvalue weighted by molar-refractivity contribution is 9.10. The first-order chi connectivity index (χ1) is 15.9. The number of aromatic nitrogens is 1. The number of hydrogen-bond donors (Lipinski definition) is 2. The third kappa shape index (κ3) is 5.95. The highest BCUT2D eigenvalue weighted by Gasteiger charge is 2.11. The van der Waals surface area contributed by atoms with E-state index in [2.05, 4.69) is 31.2 Å². The molecule has 1 aromatic heterocycles. The second kappa shape index (κ2) is 10.1. The lowest BCUT2D eigenvalue weighted by molar-refractivity contribution is -0.384. The number of thiazole rings is 1. The van der Waals surface area contributed by atoms with Gasteiger partial charge in [-0.25, -0.2) is 4.98 Å². The van der Waals surface area contributed by atoms with Crippen LogP contribution in [0.5, 0.6) is 5.75 Å². The number of anilines is 1. The summed E-state index contributed by atoms with van der Waals surface area (Å²) in [5.74, 6) is -0.0165. The number of phenols is 1. The molecule has 1 heterocycles. The topological polar surface area (TPSA) is 118 Å². The molecule has 8 nitrogen and oxygen atoms in total. The van der Waals surface area contributed by atoms with Gasteiger partial charge in [0.05, 0.1) is 26.6 Å². The van der Waals surface area contributed by atoms with Gasteiger partial charge in [-0.1, -0.05) is 33.8 Å². The van der Waals surface area contributed by atoms with Crippen molar-refractivity contribution < 1.29 is 14.8 Å². The van der Waals surface area contributed by atoms with Gasteiger partial charge in [0, 0.05) is 34.1 Å². The van der Waals surface area contributed by atoms with Crippen molar-refractivity contribution >= 4 is 78.4 Å². The van der Waals surface area contributed by atoms with E-state index in [-0.39, 0.29) is 23.1 Å². The van der Waals surface area contributed by atoms with Crippen LogP contribution < -0.4 is 5.32 Å². The number of nitrogens with one attached hydrogen (secondary N) is 1. The molecule has 3 aromatic carbocycles. The van der Waals surface area contributed by atoms with Crippen molar-refractivity contribution in [1.29, 1.82) is 0 Å². The molecule has 0 atom stereocenters. The number of nitrogens with zero attached hydrogens (tertiary/aromatic N) is 3. The van der Waals surface area contributed by atoms with E-state index < -0.39 is 4.92 Å². The molecule has 0 spiro atoms. The second-order valence-electron chi connectivity index (χ2n) is 6.74. The number of aromatic hydroxyl groups is 1. The van der Waals surface area contributed by atoms with Crippen molar-refractivity contribution in [2.45, 2.75) is 4.34 Å². The maximum atomic E-state index is 12.2. The molecule has 0 saturated heterocycles. The van der Waals surface area contributed by atoms with Crippen LogP contribution in [0.4, 0.5) is 17.1 Å². The minimum atomic E-state index is -0.509. The Labute approximate surface area is 204 Å². The van der Waals surface area contributed by atoms with Crippen LogP contribution in [0.25, 0.3) is 10.2 Å². The zero-order valence-electron chi connectivity index (χ0n) is 16.8. The summed E-state index contributed by atoms with van der Waals surface area (Å²) in [7, 11) is 0. The van der Waals surface area contributed by atoms with E-state index in [1.54, 1.807) is 30.5 Å². The Morgan fingerprint density at radius 1 is 1.24 bits per heavy atom. The maximum Gasteiger partial charge on any atom is 0.271 e. The number of fused-ring (bicyclic) bond motifs is 1. The van der Waals surface area contributed by atoms with Crippen LogP contribution in [0, 0.1) is 10.1 Å². The number of hydrogen-bond acceptors (Lipinski definition) is 8. The largest absolute Gasteiger partial charge is 0.507 e. The van der Waals surface area contributed by atoms with Crippen LogP contribution in [0.1, 0.15) is 5.56 Å². The van der Waals surface area contributed by atoms with Gasteiger partial charge in [0.25, 0.3) is 5.69 Å². The van der Waals surface area contributed by atoms with Gasteiger partial charge in [0.15, 0.2) is 4.34 Å². The van der Waals surface area contributed by atoms with Crippen molar-refractivity contribution in [3.8, 4) is 5.75 Å². The number of carbonyl (C=O) groups is 1. The number of rotatable bonds is 7. The molecule has 0 aliphatic rings. The Kier molecular flexibility index (Phi) is 7.02. The molecule has 11 heteroatoms. The fourth-order valence-electron chi connectivity index (χ4n) is 2.83. The van der Waals surface area contributed by atoms with Crippen LogP contribution in [0.15, 0.2) is 74.5 Å². The van der Waals surface area contributed by atoms with E-state index >= 15 is 0 Å². The summed E-state index contributed by atoms with van der Waals surface area (Å²) >= 11 is 6.11. The molecule has 1 amide bonds. The Bertz CT molecular complexity index is 1390. The Hall–Kier alpha value is -3.28. The number of nitro benzene ring substituents is 1. The van der Waals surface area contributed by atoms with Crippen LogP contribution >= 0.6 is 39.0 Å². The monoisotopic (exact) mass is 542 g/mol. The normalized spacial score (nSPS) is 11.2. The molecule has 166 valence electrons. The number of amides is 1. The summed E-state index contributed by atoms with van der Waals surface area (Å²) < 4.78 is 2.49. The number of carbonyl (C=O) groups excluding carboxylic acids is 1. The van der Waals surface area contributed by atoms with Gasteiger partial charge in [-0.3, -0.25) is 19.9 Å². The SMILES string of the molecule is O=C(CSc1nc2ccc(N=Cc3cc(Br)ccc3O)cc2s1)Nc1cccc([N+](=O)[O-])c1. The van der Waals surface area contributed by atoms with Crippen molar-refractivity contribution in [1.82, 2.24) is 4.98 Å². The Morgan fingerprint density at radius 3 is 2.91 bits per heavy atom. The fourth-order valence-corrected chi connectivity index (χ4v) is 5.11. The predicted octanol–water partition coefficient (Wildman–Crippen LogP) is 6.15. The molecule has 0 radical (unpaired) electrons. The quantitative estimate of drug-likeness (QED) is 0.125. The number of thioether (sulfide) groups is 1. The Balaban J connectivity index is 1.40. The smallest absolute Gasteiger partial charge is 0.271 e. The second-order valence-corrected chi connectivity index (χ2v) is 9.91. The number of non-ortho nitro benzene ring substituents is 1. The standard InChI is InChI=1S/C22H15BrN4O4S2/c23-14-4-7-19(28)13(8-14)11-24-15-5-6-18-20(10-15)33-22(26-18)32-12-21(29)25-16-2-1-3-17(9-16)27(30)31/h1-11,28H,12H2,(H,25,29). The maximum absolute atomic E-state index is 12.2. The van der Waals surface area contributed by atoms with E-state index in [0.717, 1.165) is 19.0 Å². The number of aliphatic imine (C=N–C) groups is 1. The van der Waals surface area contributed by atoms with Crippen molar-refractivity contribution in [2.75, 3.05) is 11.1 Å². The van der Waals surface area contributed by atoms with Gasteiger partial charge >= 0.3 is 0 Å². The van der Waals surface area contributed by atoms with Crippen LogP contribution in [-0.4, -0.2) is 32.9 Å². The van der Waals surface area contributed by atoms with E-state index in [0.29, 0.717) is 16.9 Å². The molecule has 4 aromatic rings. The summed E-state index contributed by atoms with van der Waals surface area (Å²) in [6.07, 6.45) is 1.59. The third-order valence-electron chi connectivity index (χ3n) is 4.36. The number of halogens is 1. The molecule has 0 bridgehead atoms. The van der Waals surface area contributed by atoms with Gasteiger partial charge in [-0.05, 0) is 42.5 Å². The van der Waals surface area contributed by atoms with Crippen molar-refractivity contribution in [2.24, 2.45) is 4.99 Å². The van der Waals surface area contributed by atoms with Gasteiger partial charge in [-0.15, -0.1) is 11.3 Å². The zero-order chi connectivity index (χ0) is 23.4. The zero-order valence-corrected chi connectivity index (χ0v) is 20.0. The molecule has 4 rings (SSSR count). The summed E-state index contributed by atoms with van der Waals surface area (Å²) in [5.41, 5.74) is 2.40. The highest BCUT2D eigenvalue weighted by Crippen LogP contribution is 2.32. The number of benzene rings is 3. The van der Waals surface area contributed by atoms with E-state index in [1.165, 1.54) is 41.3 Å². The molecule has 0 unspecified atom stereocenters. The molecule has 0 fully saturated rings. The lowest BCUT2D eigenvalue weighted by Crippen LogP contribution is -2.13. The fraction of sp³-hybridized carbons (Fsp3) is 0.0455. The molecule has 2 N–H and O–H groups in total. The van der Waals surface area contributed by atoms with E-state index in [1.807, 2.05) is 18.2 Å². The first-order valence-electron chi connectivity index (χ1n) is 9.48. The first-order valence-corrected chi connectivity index (χ1v) is 12.1. The molecule has 0 aliphatic heterocycles. The van der Waals surface area contributed by atoms with Gasteiger partial charge in [0.1, 0.15) is 5.75 Å². The molecule has 0 saturated carbocycles. The minimum Gasteiger partial charge on any atom is -0.507 e. The minimum absolute atomic E-state index is 0.0831. The predicted molar refractivity (Wildman–Crippen MR) is 135 cm³/mol. The molecular formula is C22H15BrN4O4S2. The lowest BCUT2D eigenvalue weighted by Gasteiger charge is -2.03. The summed E-state index contributed by atoms with van der Waals surface area (Å²) in [6, 6.07) is 16.5. The Morgan fingerprint density at radius 2 is 2.09 bits per heavy atom. The summed E-state index contributed by atoms with van der Waals surface area (Å²) in [6.45, 7) is 0. The molecule has 0 aliphatic carbocycles. The highest BCUT2D eigenvalue weighted by atomic mass is 79.9. The molecule has 33 heavy (non-hydrogen) atoms. The van der Waals surface area contributed by atoms with Crippen LogP contribution in [-0.2, 0) is 4.79 Å². The van der Waals surface area contributed by atoms with Crippen molar-refractivity contribution in [3.05, 3.63) is 80.8 Å². The number of phenolic OH excluding ortho intramolecular Hbond substituents is 1. The average Bonchev–Trinajstić information content (AvgIpc) is 3.21.